The van der Waals surface area contributed by atoms with Gasteiger partial charge in [0, 0.05) is 5.56 Å². The number of aromatic amines is 1. The van der Waals surface area contributed by atoms with Crippen LogP contribution in [0.1, 0.15) is 21.6 Å². The van der Waals surface area contributed by atoms with Crippen LogP contribution < -0.4 is 5.32 Å². The van der Waals surface area contributed by atoms with E-state index in [-0.39, 0.29) is 12.1 Å². The van der Waals surface area contributed by atoms with E-state index in [1.54, 1.807) is 6.07 Å². The fourth-order valence-corrected chi connectivity index (χ4v) is 3.13. The molecule has 124 valence electrons. The molecule has 0 unspecified atom stereocenters. The van der Waals surface area contributed by atoms with Crippen LogP contribution in [0.15, 0.2) is 36.4 Å². The Balaban J connectivity index is 1.68. The minimum absolute atomic E-state index is 0.154. The van der Waals surface area contributed by atoms with E-state index >= 15 is 0 Å². The van der Waals surface area contributed by atoms with Crippen LogP contribution in [-0.2, 0) is 12.7 Å². The maximum absolute atomic E-state index is 12.5. The topological polar surface area (TPSA) is 57.8 Å². The molecule has 24 heavy (non-hydrogen) atoms. The summed E-state index contributed by atoms with van der Waals surface area (Å²) in [5.74, 6) is -0.465. The van der Waals surface area contributed by atoms with Crippen molar-refractivity contribution in [2.24, 2.45) is 0 Å². The maximum atomic E-state index is 12.5. The summed E-state index contributed by atoms with van der Waals surface area (Å²) in [5, 5.41) is 2.63. The second kappa shape index (κ2) is 6.33. The van der Waals surface area contributed by atoms with Crippen LogP contribution in [0, 0.1) is 3.95 Å². The van der Waals surface area contributed by atoms with Gasteiger partial charge in [0.1, 0.15) is 4.83 Å². The Morgan fingerprint density at radius 1 is 1.21 bits per heavy atom. The molecule has 2 N–H and O–H groups in total. The number of H-pyrrole nitrogens is 1. The molecular weight excluding hydrogens is 359 g/mol. The Kier molecular flexibility index (Phi) is 4.37. The highest BCUT2D eigenvalue weighted by molar-refractivity contribution is 7.73. The molecule has 0 aliphatic carbocycles. The smallest absolute Gasteiger partial charge is 0.346 e. The number of carbonyl (C=O) groups is 1. The number of nitrogens with one attached hydrogen (secondary N) is 2. The van der Waals surface area contributed by atoms with Gasteiger partial charge in [-0.05, 0) is 48.6 Å². The summed E-state index contributed by atoms with van der Waals surface area (Å²) in [5.41, 5.74) is 0.817. The predicted octanol–water partition coefficient (Wildman–Crippen LogP) is 4.30. The lowest BCUT2D eigenvalue weighted by molar-refractivity contribution is -0.137. The van der Waals surface area contributed by atoms with Gasteiger partial charge >= 0.3 is 6.18 Å². The number of benzene rings is 1. The molecule has 1 aromatic carbocycles. The van der Waals surface area contributed by atoms with Crippen molar-refractivity contribution in [3.8, 4) is 0 Å². The van der Waals surface area contributed by atoms with Crippen LogP contribution in [0.4, 0.5) is 13.2 Å². The van der Waals surface area contributed by atoms with Crippen molar-refractivity contribution in [1.29, 1.82) is 0 Å². The Labute approximate surface area is 143 Å². The molecule has 0 saturated heterocycles. The number of hydrogen-bond acceptors (Lipinski definition) is 4. The number of amides is 1. The predicted molar refractivity (Wildman–Crippen MR) is 87.4 cm³/mol. The molecule has 0 atom stereocenters. The molecule has 2 aromatic heterocycles. The summed E-state index contributed by atoms with van der Waals surface area (Å²) in [6, 6.07) is 7.61. The summed E-state index contributed by atoms with van der Waals surface area (Å²) < 4.78 is 38.1. The first-order chi connectivity index (χ1) is 11.3. The number of carbonyl (C=O) groups excluding carboxylic acids is 1. The first kappa shape index (κ1) is 16.6. The number of hydrogen-bond donors (Lipinski definition) is 2. The third-order valence-corrected chi connectivity index (χ3v) is 4.39. The van der Waals surface area contributed by atoms with E-state index in [1.807, 2.05) is 6.07 Å². The monoisotopic (exact) mass is 369 g/mol. The van der Waals surface area contributed by atoms with Crippen LogP contribution in [0.3, 0.4) is 0 Å². The lowest BCUT2D eigenvalue weighted by atomic mass is 10.1. The van der Waals surface area contributed by atoms with Crippen molar-refractivity contribution in [3.63, 3.8) is 0 Å². The summed E-state index contributed by atoms with van der Waals surface area (Å²) in [6.45, 7) is 0.167. The van der Waals surface area contributed by atoms with Crippen molar-refractivity contribution >= 4 is 39.8 Å². The number of thiazole rings is 1. The number of nitrogens with zero attached hydrogens (tertiary/aromatic N) is 1. The quantitative estimate of drug-likeness (QED) is 0.677. The molecule has 9 heteroatoms. The van der Waals surface area contributed by atoms with Gasteiger partial charge in [0.15, 0.2) is 3.95 Å². The standard InChI is InChI=1S/C15H10F3N3OS2/c16-15(17,18)9-3-1-8(2-4-9)12(22)19-7-10-5-6-11-13(20-10)24-14(23)21-11/h1-6H,7H2,(H,19,22)(H,21,23). The van der Waals surface area contributed by atoms with Crippen molar-refractivity contribution in [3.05, 3.63) is 57.2 Å². The van der Waals surface area contributed by atoms with Crippen LogP contribution in [0.25, 0.3) is 10.3 Å². The summed E-state index contributed by atoms with van der Waals surface area (Å²) in [4.78, 5) is 20.1. The van der Waals surface area contributed by atoms with Gasteiger partial charge in [-0.3, -0.25) is 4.79 Å². The van der Waals surface area contributed by atoms with E-state index in [0.717, 1.165) is 34.6 Å². The lowest BCUT2D eigenvalue weighted by Gasteiger charge is -2.08. The summed E-state index contributed by atoms with van der Waals surface area (Å²) >= 11 is 6.37. The summed E-state index contributed by atoms with van der Waals surface area (Å²) in [7, 11) is 0. The molecule has 0 aliphatic rings. The number of aromatic nitrogens is 2. The van der Waals surface area contributed by atoms with Crippen molar-refractivity contribution in [2.75, 3.05) is 0 Å². The normalized spacial score (nSPS) is 11.6. The van der Waals surface area contributed by atoms with Crippen LogP contribution in [0.2, 0.25) is 0 Å². The number of pyridine rings is 1. The van der Waals surface area contributed by atoms with Gasteiger partial charge in [0.2, 0.25) is 0 Å². The third-order valence-electron chi connectivity index (χ3n) is 3.25. The Hall–Kier alpha value is -2.26. The Bertz CT molecular complexity index is 945. The van der Waals surface area contributed by atoms with Gasteiger partial charge in [0.25, 0.3) is 5.91 Å². The maximum Gasteiger partial charge on any atom is 0.416 e. The molecule has 0 spiro atoms. The molecule has 0 fully saturated rings. The molecule has 0 aliphatic heterocycles. The molecule has 0 saturated carbocycles. The highest BCUT2D eigenvalue weighted by atomic mass is 32.1. The first-order valence-electron chi connectivity index (χ1n) is 6.77. The van der Waals surface area contributed by atoms with E-state index in [0.29, 0.717) is 9.65 Å². The largest absolute Gasteiger partial charge is 0.416 e. The van der Waals surface area contributed by atoms with E-state index < -0.39 is 17.6 Å². The van der Waals surface area contributed by atoms with Gasteiger partial charge in [-0.15, -0.1) is 0 Å². The average molecular weight is 369 g/mol. The minimum atomic E-state index is -4.42. The van der Waals surface area contributed by atoms with E-state index in [9.17, 15) is 18.0 Å². The van der Waals surface area contributed by atoms with Crippen LogP contribution >= 0.6 is 23.6 Å². The second-order valence-corrected chi connectivity index (χ2v) is 6.59. The molecule has 1 amide bonds. The van der Waals surface area contributed by atoms with Crippen molar-refractivity contribution < 1.29 is 18.0 Å². The zero-order valence-corrected chi connectivity index (χ0v) is 13.6. The Morgan fingerprint density at radius 3 is 2.58 bits per heavy atom. The van der Waals surface area contributed by atoms with Gasteiger partial charge in [-0.1, -0.05) is 11.3 Å². The van der Waals surface area contributed by atoms with Gasteiger partial charge in [-0.2, -0.15) is 13.2 Å². The highest BCUT2D eigenvalue weighted by Crippen LogP contribution is 2.29. The van der Waals surface area contributed by atoms with Crippen LogP contribution in [0.5, 0.6) is 0 Å². The lowest BCUT2D eigenvalue weighted by Crippen LogP contribution is -2.23. The van der Waals surface area contributed by atoms with Gasteiger partial charge in [-0.25, -0.2) is 4.98 Å². The molecular formula is C15H10F3N3OS2. The zero-order chi connectivity index (χ0) is 17.3. The second-order valence-electron chi connectivity index (χ2n) is 4.93. The van der Waals surface area contributed by atoms with E-state index in [1.165, 1.54) is 11.3 Å². The number of halogens is 3. The van der Waals surface area contributed by atoms with Gasteiger partial charge < -0.3 is 10.3 Å². The first-order valence-corrected chi connectivity index (χ1v) is 7.99. The van der Waals surface area contributed by atoms with E-state index in [4.69, 9.17) is 12.2 Å². The fraction of sp³-hybridized carbons (Fsp3) is 0.133. The third kappa shape index (κ3) is 3.62. The number of alkyl halides is 3. The summed E-state index contributed by atoms with van der Waals surface area (Å²) in [6.07, 6.45) is -4.42. The Morgan fingerprint density at radius 2 is 1.92 bits per heavy atom. The van der Waals surface area contributed by atoms with Crippen molar-refractivity contribution in [2.45, 2.75) is 12.7 Å². The fourth-order valence-electron chi connectivity index (χ4n) is 2.06. The molecule has 2 heterocycles. The molecule has 0 bridgehead atoms. The average Bonchev–Trinajstić information content (AvgIpc) is 2.91. The molecule has 4 nitrogen and oxygen atoms in total. The number of rotatable bonds is 3. The van der Waals surface area contributed by atoms with Crippen LogP contribution in [-0.4, -0.2) is 15.9 Å². The minimum Gasteiger partial charge on any atom is -0.346 e. The molecule has 0 radical (unpaired) electrons. The van der Waals surface area contributed by atoms with Crippen molar-refractivity contribution in [1.82, 2.24) is 15.3 Å². The molecule has 3 aromatic rings. The number of fused-ring (bicyclic) bond motifs is 1. The highest BCUT2D eigenvalue weighted by Gasteiger charge is 2.30. The SMILES string of the molecule is O=C(NCc1ccc2[nH]c(=S)sc2n1)c1ccc(C(F)(F)F)cc1. The zero-order valence-electron chi connectivity index (χ0n) is 12.0. The van der Waals surface area contributed by atoms with Gasteiger partial charge in [0.05, 0.1) is 23.3 Å². The van der Waals surface area contributed by atoms with E-state index in [2.05, 4.69) is 15.3 Å². The molecule has 3 rings (SSSR count).